The Morgan fingerprint density at radius 1 is 1.30 bits per heavy atom. The van der Waals surface area contributed by atoms with E-state index in [4.69, 9.17) is 0 Å². The van der Waals surface area contributed by atoms with Gasteiger partial charge < -0.3 is 10.2 Å². The van der Waals surface area contributed by atoms with E-state index in [1.807, 2.05) is 43.5 Å². The molecule has 0 bridgehead atoms. The topological polar surface area (TPSA) is 45.2 Å². The van der Waals surface area contributed by atoms with Gasteiger partial charge in [0.1, 0.15) is 0 Å². The van der Waals surface area contributed by atoms with Crippen LogP contribution in [-0.2, 0) is 11.2 Å². The van der Waals surface area contributed by atoms with Gasteiger partial charge in [-0.2, -0.15) is 0 Å². The van der Waals surface area contributed by atoms with Crippen LogP contribution < -0.4 is 10.2 Å². The van der Waals surface area contributed by atoms with Gasteiger partial charge in [-0.05, 0) is 43.2 Å². The number of pyridine rings is 1. The van der Waals surface area contributed by atoms with E-state index in [9.17, 15) is 4.79 Å². The second-order valence-corrected chi connectivity index (χ2v) is 6.88. The van der Waals surface area contributed by atoms with Gasteiger partial charge in [-0.15, -0.1) is 0 Å². The molecule has 1 aliphatic rings. The van der Waals surface area contributed by atoms with Crippen molar-refractivity contribution >= 4 is 27.5 Å². The van der Waals surface area contributed by atoms with Gasteiger partial charge in [-0.3, -0.25) is 9.78 Å². The second kappa shape index (κ2) is 7.13. The molecule has 1 amide bonds. The molecule has 0 aliphatic carbocycles. The maximum Gasteiger partial charge on any atom is 0.224 e. The second-order valence-electron chi connectivity index (χ2n) is 5.96. The third-order valence-electron chi connectivity index (χ3n) is 4.09. The zero-order chi connectivity index (χ0) is 16.2. The molecule has 5 heteroatoms. The molecule has 1 atom stereocenters. The fourth-order valence-electron chi connectivity index (χ4n) is 2.83. The number of halogens is 1. The van der Waals surface area contributed by atoms with Gasteiger partial charge in [0.25, 0.3) is 0 Å². The molecule has 2 aromatic rings. The number of aryl methyl sites for hydroxylation is 1. The molecule has 2 heterocycles. The number of carbonyl (C=O) groups excluding carboxylic acids is 1. The van der Waals surface area contributed by atoms with Gasteiger partial charge >= 0.3 is 0 Å². The molecule has 1 N–H and O–H groups in total. The van der Waals surface area contributed by atoms with Gasteiger partial charge in [0.05, 0.1) is 18.3 Å². The van der Waals surface area contributed by atoms with E-state index >= 15 is 0 Å². The summed E-state index contributed by atoms with van der Waals surface area (Å²) in [6, 6.07) is 12.2. The molecule has 1 aromatic carbocycles. The van der Waals surface area contributed by atoms with Crippen molar-refractivity contribution in [3.05, 3.63) is 58.3 Å². The maximum atomic E-state index is 12.2. The lowest BCUT2D eigenvalue weighted by Gasteiger charge is -2.18. The van der Waals surface area contributed by atoms with Crippen LogP contribution in [0, 0.1) is 6.92 Å². The van der Waals surface area contributed by atoms with Crippen LogP contribution in [0.3, 0.4) is 0 Å². The third kappa shape index (κ3) is 4.32. The number of hydrogen-bond acceptors (Lipinski definition) is 3. The van der Waals surface area contributed by atoms with E-state index in [-0.39, 0.29) is 11.9 Å². The SMILES string of the molecule is Cc1ccc(N2CC[C@@H](NC(=O)Cc3ccc(Br)cc3)C2)cn1. The molecule has 1 fully saturated rings. The average Bonchev–Trinajstić information content (AvgIpc) is 2.98. The van der Waals surface area contributed by atoms with Crippen LogP contribution in [0.2, 0.25) is 0 Å². The highest BCUT2D eigenvalue weighted by Crippen LogP contribution is 2.19. The van der Waals surface area contributed by atoms with Gasteiger partial charge in [0, 0.05) is 29.3 Å². The maximum absolute atomic E-state index is 12.2. The third-order valence-corrected chi connectivity index (χ3v) is 4.62. The first-order chi connectivity index (χ1) is 11.1. The van der Waals surface area contributed by atoms with Crippen molar-refractivity contribution in [2.24, 2.45) is 0 Å². The molecule has 1 aliphatic heterocycles. The molecular weight excluding hydrogens is 354 g/mol. The number of nitrogens with one attached hydrogen (secondary N) is 1. The summed E-state index contributed by atoms with van der Waals surface area (Å²) in [7, 11) is 0. The van der Waals surface area contributed by atoms with Crippen LogP contribution >= 0.6 is 15.9 Å². The first-order valence-electron chi connectivity index (χ1n) is 7.81. The van der Waals surface area contributed by atoms with Gasteiger partial charge in [-0.1, -0.05) is 28.1 Å². The lowest BCUT2D eigenvalue weighted by Crippen LogP contribution is -2.38. The Kier molecular flexibility index (Phi) is 4.96. The summed E-state index contributed by atoms with van der Waals surface area (Å²) in [6.45, 7) is 3.78. The number of carbonyl (C=O) groups is 1. The number of benzene rings is 1. The van der Waals surface area contributed by atoms with E-state index in [1.54, 1.807) is 0 Å². The minimum absolute atomic E-state index is 0.0844. The molecule has 0 spiro atoms. The summed E-state index contributed by atoms with van der Waals surface area (Å²) in [6.07, 6.45) is 3.30. The van der Waals surface area contributed by atoms with Crippen molar-refractivity contribution < 1.29 is 4.79 Å². The zero-order valence-corrected chi connectivity index (χ0v) is 14.7. The zero-order valence-electron chi connectivity index (χ0n) is 13.1. The first-order valence-corrected chi connectivity index (χ1v) is 8.61. The van der Waals surface area contributed by atoms with E-state index < -0.39 is 0 Å². The van der Waals surface area contributed by atoms with Crippen LogP contribution in [-0.4, -0.2) is 30.0 Å². The molecule has 1 saturated heterocycles. The van der Waals surface area contributed by atoms with Gasteiger partial charge in [0.15, 0.2) is 0 Å². The summed E-state index contributed by atoms with van der Waals surface area (Å²) in [4.78, 5) is 18.8. The summed E-state index contributed by atoms with van der Waals surface area (Å²) in [5, 5.41) is 3.14. The Morgan fingerprint density at radius 3 is 2.78 bits per heavy atom. The summed E-state index contributed by atoms with van der Waals surface area (Å²) in [5.41, 5.74) is 3.18. The van der Waals surface area contributed by atoms with E-state index in [1.165, 1.54) is 0 Å². The number of rotatable bonds is 4. The van der Waals surface area contributed by atoms with Gasteiger partial charge in [-0.25, -0.2) is 0 Å². The highest BCUT2D eigenvalue weighted by atomic mass is 79.9. The fraction of sp³-hybridized carbons (Fsp3) is 0.333. The minimum atomic E-state index is 0.0844. The molecule has 0 radical (unpaired) electrons. The lowest BCUT2D eigenvalue weighted by molar-refractivity contribution is -0.121. The first kappa shape index (κ1) is 16.0. The normalized spacial score (nSPS) is 17.3. The van der Waals surface area contributed by atoms with E-state index in [0.29, 0.717) is 6.42 Å². The summed E-state index contributed by atoms with van der Waals surface area (Å²) in [5.74, 6) is 0.0844. The Balaban J connectivity index is 1.52. The Bertz CT molecular complexity index is 670. The largest absolute Gasteiger partial charge is 0.368 e. The fourth-order valence-corrected chi connectivity index (χ4v) is 3.09. The summed E-state index contributed by atoms with van der Waals surface area (Å²) < 4.78 is 1.03. The highest BCUT2D eigenvalue weighted by molar-refractivity contribution is 9.10. The highest BCUT2D eigenvalue weighted by Gasteiger charge is 2.24. The van der Waals surface area contributed by atoms with Crippen molar-refractivity contribution in [3.8, 4) is 0 Å². The number of aromatic nitrogens is 1. The molecule has 120 valence electrons. The van der Waals surface area contributed by atoms with Crippen LogP contribution in [0.25, 0.3) is 0 Å². The van der Waals surface area contributed by atoms with Crippen LogP contribution in [0.5, 0.6) is 0 Å². The minimum Gasteiger partial charge on any atom is -0.368 e. The monoisotopic (exact) mass is 373 g/mol. The van der Waals surface area contributed by atoms with E-state index in [0.717, 1.165) is 40.9 Å². The Hall–Kier alpha value is -1.88. The predicted molar refractivity (Wildman–Crippen MR) is 95.6 cm³/mol. The predicted octanol–water partition coefficient (Wildman–Crippen LogP) is 3.09. The van der Waals surface area contributed by atoms with Crippen molar-refractivity contribution in [1.29, 1.82) is 0 Å². The number of anilines is 1. The van der Waals surface area contributed by atoms with E-state index in [2.05, 4.69) is 37.2 Å². The standard InChI is InChI=1S/C18H20BrN3O/c1-13-2-7-17(11-20-13)22-9-8-16(12-22)21-18(23)10-14-3-5-15(19)6-4-14/h2-7,11,16H,8-10,12H2,1H3,(H,21,23)/t16-/m1/s1. The molecule has 0 unspecified atom stereocenters. The Morgan fingerprint density at radius 2 is 2.09 bits per heavy atom. The number of nitrogens with zero attached hydrogens (tertiary/aromatic N) is 2. The quantitative estimate of drug-likeness (QED) is 0.895. The van der Waals surface area contributed by atoms with Crippen molar-refractivity contribution in [1.82, 2.24) is 10.3 Å². The molecule has 4 nitrogen and oxygen atoms in total. The Labute approximate surface area is 145 Å². The van der Waals surface area contributed by atoms with Crippen molar-refractivity contribution in [3.63, 3.8) is 0 Å². The molecule has 23 heavy (non-hydrogen) atoms. The molecule has 1 aromatic heterocycles. The van der Waals surface area contributed by atoms with Crippen LogP contribution in [0.4, 0.5) is 5.69 Å². The average molecular weight is 374 g/mol. The summed E-state index contributed by atoms with van der Waals surface area (Å²) >= 11 is 3.40. The lowest BCUT2D eigenvalue weighted by atomic mass is 10.1. The van der Waals surface area contributed by atoms with Crippen molar-refractivity contribution in [2.45, 2.75) is 25.8 Å². The van der Waals surface area contributed by atoms with Crippen LogP contribution in [0.1, 0.15) is 17.7 Å². The van der Waals surface area contributed by atoms with Crippen molar-refractivity contribution in [2.75, 3.05) is 18.0 Å². The number of amides is 1. The van der Waals surface area contributed by atoms with Gasteiger partial charge in [0.2, 0.25) is 5.91 Å². The molecule has 0 saturated carbocycles. The van der Waals surface area contributed by atoms with Crippen LogP contribution in [0.15, 0.2) is 47.1 Å². The number of hydrogen-bond donors (Lipinski definition) is 1. The smallest absolute Gasteiger partial charge is 0.224 e. The molecular formula is C18H20BrN3O. The molecule has 3 rings (SSSR count).